The molecule has 0 saturated heterocycles. The number of fused-ring (bicyclic) bond motifs is 1. The minimum atomic E-state index is -1.17. The van der Waals surface area contributed by atoms with E-state index >= 15 is 0 Å². The van der Waals surface area contributed by atoms with Crippen molar-refractivity contribution in [3.05, 3.63) is 77.9 Å². The number of ether oxygens (including phenoxy) is 2. The van der Waals surface area contributed by atoms with E-state index in [2.05, 4.69) is 5.32 Å². The van der Waals surface area contributed by atoms with Gasteiger partial charge in [-0.15, -0.1) is 0 Å². The molecule has 0 aliphatic rings. The van der Waals surface area contributed by atoms with E-state index < -0.39 is 29.6 Å². The predicted octanol–water partition coefficient (Wildman–Crippen LogP) is 4.71. The molecule has 3 aromatic carbocycles. The van der Waals surface area contributed by atoms with Gasteiger partial charge in [0.05, 0.1) is 12.8 Å². The highest BCUT2D eigenvalue weighted by molar-refractivity contribution is 5.97. The number of hydrogen-bond acceptors (Lipinski definition) is 4. The van der Waals surface area contributed by atoms with E-state index in [1.807, 2.05) is 36.4 Å². The Balaban J connectivity index is 1.60. The number of amides is 1. The van der Waals surface area contributed by atoms with Gasteiger partial charge in [-0.25, -0.2) is 13.6 Å². The van der Waals surface area contributed by atoms with Gasteiger partial charge in [0.15, 0.2) is 6.10 Å². The van der Waals surface area contributed by atoms with E-state index in [0.717, 1.165) is 34.2 Å². The van der Waals surface area contributed by atoms with Crippen molar-refractivity contribution >= 4 is 34.4 Å². The third kappa shape index (κ3) is 5.20. The number of halogens is 2. The van der Waals surface area contributed by atoms with E-state index in [0.29, 0.717) is 6.07 Å². The summed E-state index contributed by atoms with van der Waals surface area (Å²) in [4.78, 5) is 24.1. The molecule has 154 valence electrons. The maximum absolute atomic E-state index is 13.6. The van der Waals surface area contributed by atoms with Crippen molar-refractivity contribution < 1.29 is 27.8 Å². The van der Waals surface area contributed by atoms with Gasteiger partial charge < -0.3 is 14.8 Å². The second-order valence-electron chi connectivity index (χ2n) is 6.50. The average molecular weight is 411 g/mol. The maximum atomic E-state index is 13.6. The van der Waals surface area contributed by atoms with Gasteiger partial charge in [0.25, 0.3) is 5.91 Å². The summed E-state index contributed by atoms with van der Waals surface area (Å²) in [6, 6.07) is 14.0. The van der Waals surface area contributed by atoms with Crippen LogP contribution in [0.25, 0.3) is 16.8 Å². The number of anilines is 1. The molecule has 3 aromatic rings. The summed E-state index contributed by atoms with van der Waals surface area (Å²) >= 11 is 0. The largest absolute Gasteiger partial charge is 0.497 e. The Hall–Kier alpha value is -3.74. The molecule has 0 saturated carbocycles. The summed E-state index contributed by atoms with van der Waals surface area (Å²) < 4.78 is 36.8. The van der Waals surface area contributed by atoms with Crippen molar-refractivity contribution in [1.82, 2.24) is 0 Å². The van der Waals surface area contributed by atoms with Gasteiger partial charge in [-0.1, -0.05) is 18.2 Å². The van der Waals surface area contributed by atoms with Crippen LogP contribution in [0.5, 0.6) is 5.75 Å². The first-order valence-electron chi connectivity index (χ1n) is 9.08. The Bertz CT molecular complexity index is 1130. The first-order valence-corrected chi connectivity index (χ1v) is 9.08. The van der Waals surface area contributed by atoms with E-state index in [1.54, 1.807) is 13.2 Å². The number of benzene rings is 3. The van der Waals surface area contributed by atoms with E-state index in [9.17, 15) is 18.4 Å². The fourth-order valence-electron chi connectivity index (χ4n) is 2.73. The highest BCUT2D eigenvalue weighted by Crippen LogP contribution is 2.22. The zero-order chi connectivity index (χ0) is 21.7. The lowest BCUT2D eigenvalue weighted by Gasteiger charge is -2.12. The molecule has 5 nitrogen and oxygen atoms in total. The number of hydrogen-bond donors (Lipinski definition) is 1. The highest BCUT2D eigenvalue weighted by atomic mass is 19.1. The van der Waals surface area contributed by atoms with Gasteiger partial charge in [0.2, 0.25) is 0 Å². The van der Waals surface area contributed by atoms with Gasteiger partial charge >= 0.3 is 5.97 Å². The van der Waals surface area contributed by atoms with Crippen LogP contribution in [-0.2, 0) is 14.3 Å². The van der Waals surface area contributed by atoms with Crippen LogP contribution in [-0.4, -0.2) is 25.1 Å². The molecule has 1 amide bonds. The molecule has 0 radical (unpaired) electrons. The van der Waals surface area contributed by atoms with Crippen molar-refractivity contribution in [1.29, 1.82) is 0 Å². The topological polar surface area (TPSA) is 64.6 Å². The van der Waals surface area contributed by atoms with Gasteiger partial charge in [-0.2, -0.15) is 0 Å². The van der Waals surface area contributed by atoms with Gasteiger partial charge in [-0.3, -0.25) is 4.79 Å². The van der Waals surface area contributed by atoms with Crippen LogP contribution in [0.15, 0.2) is 60.7 Å². The van der Waals surface area contributed by atoms with Crippen molar-refractivity contribution in [3.63, 3.8) is 0 Å². The zero-order valence-electron chi connectivity index (χ0n) is 16.3. The highest BCUT2D eigenvalue weighted by Gasteiger charge is 2.18. The number of rotatable bonds is 6. The number of esters is 1. The van der Waals surface area contributed by atoms with Crippen molar-refractivity contribution in [2.24, 2.45) is 0 Å². The number of carbonyl (C=O) groups excluding carboxylic acids is 2. The van der Waals surface area contributed by atoms with Gasteiger partial charge in [-0.05, 0) is 59.7 Å². The third-order valence-corrected chi connectivity index (χ3v) is 4.33. The van der Waals surface area contributed by atoms with Crippen LogP contribution < -0.4 is 10.1 Å². The molecule has 0 aliphatic heterocycles. The minimum absolute atomic E-state index is 0.201. The lowest BCUT2D eigenvalue weighted by Crippen LogP contribution is -2.29. The molecule has 0 aromatic heterocycles. The second kappa shape index (κ2) is 9.17. The first-order chi connectivity index (χ1) is 14.4. The molecule has 3 rings (SSSR count). The Morgan fingerprint density at radius 1 is 1.00 bits per heavy atom. The number of nitrogens with one attached hydrogen (secondary N) is 1. The van der Waals surface area contributed by atoms with Crippen LogP contribution in [0.3, 0.4) is 0 Å². The lowest BCUT2D eigenvalue weighted by atomic mass is 10.1. The van der Waals surface area contributed by atoms with Crippen LogP contribution in [0, 0.1) is 11.6 Å². The van der Waals surface area contributed by atoms with Crippen LogP contribution in [0.4, 0.5) is 14.5 Å². The molecule has 7 heteroatoms. The fraction of sp³-hybridized carbons (Fsp3) is 0.130. The third-order valence-electron chi connectivity index (χ3n) is 4.33. The molecule has 0 aliphatic carbocycles. The van der Waals surface area contributed by atoms with Gasteiger partial charge in [0.1, 0.15) is 17.4 Å². The molecule has 0 bridgehead atoms. The van der Waals surface area contributed by atoms with Crippen LogP contribution in [0.2, 0.25) is 0 Å². The molecular weight excluding hydrogens is 392 g/mol. The number of carbonyl (C=O) groups is 2. The molecule has 1 atom stereocenters. The first kappa shape index (κ1) is 21.0. The maximum Gasteiger partial charge on any atom is 0.331 e. The zero-order valence-corrected chi connectivity index (χ0v) is 16.3. The number of methoxy groups -OCH3 is 1. The van der Waals surface area contributed by atoms with E-state index in [1.165, 1.54) is 13.0 Å². The normalized spacial score (nSPS) is 12.0. The Kier molecular flexibility index (Phi) is 6.41. The predicted molar refractivity (Wildman–Crippen MR) is 110 cm³/mol. The lowest BCUT2D eigenvalue weighted by molar-refractivity contribution is -0.148. The summed E-state index contributed by atoms with van der Waals surface area (Å²) in [5, 5.41) is 4.22. The Morgan fingerprint density at radius 3 is 2.47 bits per heavy atom. The van der Waals surface area contributed by atoms with E-state index in [-0.39, 0.29) is 5.69 Å². The quantitative estimate of drug-likeness (QED) is 0.471. The summed E-state index contributed by atoms with van der Waals surface area (Å²) in [6.07, 6.45) is 1.60. The van der Waals surface area contributed by atoms with Crippen molar-refractivity contribution in [2.75, 3.05) is 12.4 Å². The SMILES string of the molecule is COc1ccc2cc(/C=C/C(=O)O[C@H](C)C(=O)Nc3ccc(F)cc3F)ccc2c1. The Labute approximate surface area is 171 Å². The smallest absolute Gasteiger partial charge is 0.331 e. The molecule has 1 N–H and O–H groups in total. The molecule has 0 spiro atoms. The summed E-state index contributed by atoms with van der Waals surface area (Å²) in [5.41, 5.74) is 0.572. The summed E-state index contributed by atoms with van der Waals surface area (Å²) in [6.45, 7) is 1.35. The minimum Gasteiger partial charge on any atom is -0.497 e. The molecule has 0 unspecified atom stereocenters. The molecular formula is C23H19F2NO4. The van der Waals surface area contributed by atoms with Crippen molar-refractivity contribution in [3.8, 4) is 5.75 Å². The summed E-state index contributed by atoms with van der Waals surface area (Å²) in [5.74, 6) is -2.39. The second-order valence-corrected chi connectivity index (χ2v) is 6.50. The standard InChI is InChI=1S/C23H19F2NO4/c1-14(23(28)26-21-9-7-18(24)13-20(21)25)30-22(27)10-4-15-3-5-17-12-19(29-2)8-6-16(17)11-15/h3-14H,1-2H3,(H,26,28)/b10-4+/t14-/m1/s1. The van der Waals surface area contributed by atoms with E-state index in [4.69, 9.17) is 9.47 Å². The Morgan fingerprint density at radius 2 is 1.73 bits per heavy atom. The molecule has 0 fully saturated rings. The van der Waals surface area contributed by atoms with Crippen LogP contribution >= 0.6 is 0 Å². The average Bonchev–Trinajstić information content (AvgIpc) is 2.73. The summed E-state index contributed by atoms with van der Waals surface area (Å²) in [7, 11) is 1.60. The van der Waals surface area contributed by atoms with Gasteiger partial charge in [0, 0.05) is 12.1 Å². The molecule has 30 heavy (non-hydrogen) atoms. The van der Waals surface area contributed by atoms with Crippen LogP contribution in [0.1, 0.15) is 12.5 Å². The molecule has 0 heterocycles. The van der Waals surface area contributed by atoms with Crippen molar-refractivity contribution in [2.45, 2.75) is 13.0 Å². The fourth-order valence-corrected chi connectivity index (χ4v) is 2.73. The monoisotopic (exact) mass is 411 g/mol.